The van der Waals surface area contributed by atoms with Gasteiger partial charge in [-0.1, -0.05) is 13.3 Å². The van der Waals surface area contributed by atoms with E-state index in [2.05, 4.69) is 5.32 Å². The van der Waals surface area contributed by atoms with Gasteiger partial charge < -0.3 is 10.4 Å². The zero-order valence-corrected chi connectivity index (χ0v) is 9.47. The summed E-state index contributed by atoms with van der Waals surface area (Å²) in [5, 5.41) is 22.4. The quantitative estimate of drug-likeness (QED) is 0.451. The van der Waals surface area contributed by atoms with Crippen LogP contribution in [0.4, 0.5) is 11.4 Å². The van der Waals surface area contributed by atoms with Crippen molar-refractivity contribution in [2.75, 3.05) is 11.9 Å². The predicted molar refractivity (Wildman–Crippen MR) is 63.5 cm³/mol. The van der Waals surface area contributed by atoms with Gasteiger partial charge in [0.2, 0.25) is 0 Å². The number of non-ortho nitro benzene ring substituents is 1. The Kier molecular flexibility index (Phi) is 4.45. The van der Waals surface area contributed by atoms with E-state index < -0.39 is 10.9 Å². The predicted octanol–water partition coefficient (Wildman–Crippen LogP) is 2.50. The van der Waals surface area contributed by atoms with E-state index in [1.54, 1.807) is 0 Å². The molecule has 0 aliphatic rings. The van der Waals surface area contributed by atoms with Crippen molar-refractivity contribution in [3.63, 3.8) is 0 Å². The summed E-state index contributed by atoms with van der Waals surface area (Å²) in [7, 11) is 0. The van der Waals surface area contributed by atoms with Crippen LogP contribution in [-0.4, -0.2) is 22.5 Å². The third-order valence-electron chi connectivity index (χ3n) is 2.29. The lowest BCUT2D eigenvalue weighted by Gasteiger charge is -2.08. The fourth-order valence-corrected chi connectivity index (χ4v) is 1.38. The maximum absolute atomic E-state index is 10.9. The Morgan fingerprint density at radius 1 is 1.53 bits per heavy atom. The van der Waals surface area contributed by atoms with Crippen molar-refractivity contribution in [1.82, 2.24) is 0 Å². The van der Waals surface area contributed by atoms with Gasteiger partial charge in [-0.25, -0.2) is 4.79 Å². The summed E-state index contributed by atoms with van der Waals surface area (Å²) in [6.07, 6.45) is 1.84. The van der Waals surface area contributed by atoms with Gasteiger partial charge in [-0.15, -0.1) is 0 Å². The summed E-state index contributed by atoms with van der Waals surface area (Å²) in [5.74, 6) is -1.10. The number of carboxylic acids is 1. The molecule has 92 valence electrons. The molecule has 1 aromatic carbocycles. The molecule has 1 rings (SSSR count). The van der Waals surface area contributed by atoms with Gasteiger partial charge in [-0.05, 0) is 12.5 Å². The number of carbonyl (C=O) groups is 1. The first-order chi connectivity index (χ1) is 8.06. The third-order valence-corrected chi connectivity index (χ3v) is 2.29. The van der Waals surface area contributed by atoms with Crippen LogP contribution < -0.4 is 5.32 Å². The second-order valence-corrected chi connectivity index (χ2v) is 3.57. The second kappa shape index (κ2) is 5.83. The number of carboxylic acid groups (broad SMARTS) is 1. The average molecular weight is 238 g/mol. The van der Waals surface area contributed by atoms with Crippen LogP contribution in [0.3, 0.4) is 0 Å². The van der Waals surface area contributed by atoms with Crippen LogP contribution in [0.2, 0.25) is 0 Å². The zero-order valence-electron chi connectivity index (χ0n) is 9.47. The highest BCUT2D eigenvalue weighted by Gasteiger charge is 2.14. The molecule has 1 aromatic rings. The normalized spacial score (nSPS) is 9.94. The first kappa shape index (κ1) is 13.0. The molecule has 0 aliphatic carbocycles. The van der Waals surface area contributed by atoms with E-state index >= 15 is 0 Å². The third kappa shape index (κ3) is 3.44. The van der Waals surface area contributed by atoms with E-state index in [0.717, 1.165) is 12.8 Å². The van der Waals surface area contributed by atoms with Crippen LogP contribution in [0.25, 0.3) is 0 Å². The molecule has 17 heavy (non-hydrogen) atoms. The van der Waals surface area contributed by atoms with Crippen molar-refractivity contribution in [1.29, 1.82) is 0 Å². The summed E-state index contributed by atoms with van der Waals surface area (Å²) in [6.45, 7) is 2.60. The molecule has 0 saturated carbocycles. The highest BCUT2D eigenvalue weighted by Crippen LogP contribution is 2.22. The Balaban J connectivity index is 2.98. The molecule has 0 radical (unpaired) electrons. The molecule has 0 aromatic heterocycles. The summed E-state index contributed by atoms with van der Waals surface area (Å²) in [5.41, 5.74) is 0.223. The number of benzene rings is 1. The van der Waals surface area contributed by atoms with Crippen LogP contribution in [0.1, 0.15) is 30.1 Å². The molecule has 6 nitrogen and oxygen atoms in total. The van der Waals surface area contributed by atoms with Crippen molar-refractivity contribution in [2.24, 2.45) is 0 Å². The molecule has 0 heterocycles. The van der Waals surface area contributed by atoms with Crippen molar-refractivity contribution >= 4 is 17.3 Å². The molecule has 0 amide bonds. The number of hydrogen-bond acceptors (Lipinski definition) is 4. The van der Waals surface area contributed by atoms with Gasteiger partial charge in [0.1, 0.15) is 0 Å². The smallest absolute Gasteiger partial charge is 0.337 e. The second-order valence-electron chi connectivity index (χ2n) is 3.57. The van der Waals surface area contributed by atoms with E-state index in [4.69, 9.17) is 5.11 Å². The summed E-state index contributed by atoms with van der Waals surface area (Å²) in [4.78, 5) is 21.0. The molecular weight excluding hydrogens is 224 g/mol. The maximum atomic E-state index is 10.9. The SMILES string of the molecule is CCCCNc1cc([N+](=O)[O-])ccc1C(=O)O. The average Bonchev–Trinajstić information content (AvgIpc) is 2.28. The van der Waals surface area contributed by atoms with E-state index in [1.807, 2.05) is 6.92 Å². The molecule has 0 unspecified atom stereocenters. The van der Waals surface area contributed by atoms with Gasteiger partial charge in [0.05, 0.1) is 16.2 Å². The molecule has 0 atom stereocenters. The standard InChI is InChI=1S/C11H14N2O4/c1-2-3-6-12-10-7-8(13(16)17)4-5-9(10)11(14)15/h4-5,7,12H,2-3,6H2,1H3,(H,14,15). The lowest BCUT2D eigenvalue weighted by Crippen LogP contribution is -2.08. The number of nitrogens with zero attached hydrogens (tertiary/aromatic N) is 1. The fraction of sp³-hybridized carbons (Fsp3) is 0.364. The lowest BCUT2D eigenvalue weighted by atomic mass is 10.1. The van der Waals surface area contributed by atoms with Gasteiger partial charge >= 0.3 is 5.97 Å². The number of nitro benzene ring substituents is 1. The van der Waals surface area contributed by atoms with E-state index in [9.17, 15) is 14.9 Å². The minimum atomic E-state index is -1.10. The molecular formula is C11H14N2O4. The number of aromatic carboxylic acids is 1. The highest BCUT2D eigenvalue weighted by molar-refractivity contribution is 5.94. The Hall–Kier alpha value is -2.11. The summed E-state index contributed by atoms with van der Waals surface area (Å²) >= 11 is 0. The van der Waals surface area contributed by atoms with Crippen molar-refractivity contribution < 1.29 is 14.8 Å². The number of anilines is 1. The number of nitrogens with one attached hydrogen (secondary N) is 1. The minimum absolute atomic E-state index is 0.0479. The van der Waals surface area contributed by atoms with Crippen LogP contribution in [0.15, 0.2) is 18.2 Å². The van der Waals surface area contributed by atoms with Gasteiger partial charge in [0.25, 0.3) is 5.69 Å². The lowest BCUT2D eigenvalue weighted by molar-refractivity contribution is -0.384. The number of unbranched alkanes of at least 4 members (excludes halogenated alkanes) is 1. The molecule has 0 bridgehead atoms. The summed E-state index contributed by atoms with van der Waals surface area (Å²) < 4.78 is 0. The van der Waals surface area contributed by atoms with E-state index in [-0.39, 0.29) is 11.3 Å². The first-order valence-corrected chi connectivity index (χ1v) is 5.32. The monoisotopic (exact) mass is 238 g/mol. The minimum Gasteiger partial charge on any atom is -0.478 e. The van der Waals surface area contributed by atoms with Crippen molar-refractivity contribution in [3.8, 4) is 0 Å². The van der Waals surface area contributed by atoms with E-state index in [1.165, 1.54) is 18.2 Å². The van der Waals surface area contributed by atoms with Crippen LogP contribution in [-0.2, 0) is 0 Å². The fourth-order valence-electron chi connectivity index (χ4n) is 1.38. The number of hydrogen-bond donors (Lipinski definition) is 2. The molecule has 0 fully saturated rings. The van der Waals surface area contributed by atoms with Crippen LogP contribution >= 0.6 is 0 Å². The van der Waals surface area contributed by atoms with E-state index in [0.29, 0.717) is 12.2 Å². The van der Waals surface area contributed by atoms with Crippen molar-refractivity contribution in [2.45, 2.75) is 19.8 Å². The van der Waals surface area contributed by atoms with Crippen LogP contribution in [0, 0.1) is 10.1 Å². The van der Waals surface area contributed by atoms with Gasteiger partial charge in [-0.2, -0.15) is 0 Å². The number of nitro groups is 1. The highest BCUT2D eigenvalue weighted by atomic mass is 16.6. The molecule has 0 aliphatic heterocycles. The Labute approximate surface area is 98.4 Å². The van der Waals surface area contributed by atoms with Gasteiger partial charge in [-0.3, -0.25) is 10.1 Å². The number of rotatable bonds is 6. The van der Waals surface area contributed by atoms with Gasteiger partial charge in [0.15, 0.2) is 0 Å². The molecule has 6 heteroatoms. The Bertz CT molecular complexity index is 431. The topological polar surface area (TPSA) is 92.5 Å². The Morgan fingerprint density at radius 2 is 2.24 bits per heavy atom. The van der Waals surface area contributed by atoms with Gasteiger partial charge in [0, 0.05) is 18.7 Å². The molecule has 2 N–H and O–H groups in total. The Morgan fingerprint density at radius 3 is 2.76 bits per heavy atom. The first-order valence-electron chi connectivity index (χ1n) is 5.32. The summed E-state index contributed by atoms with van der Waals surface area (Å²) in [6, 6.07) is 3.68. The zero-order chi connectivity index (χ0) is 12.8. The van der Waals surface area contributed by atoms with Crippen molar-refractivity contribution in [3.05, 3.63) is 33.9 Å². The molecule has 0 saturated heterocycles. The maximum Gasteiger partial charge on any atom is 0.337 e. The largest absolute Gasteiger partial charge is 0.478 e. The van der Waals surface area contributed by atoms with Crippen LogP contribution in [0.5, 0.6) is 0 Å². The molecule has 0 spiro atoms.